The lowest BCUT2D eigenvalue weighted by Crippen LogP contribution is -2.07. The number of esters is 1. The molecule has 72 valence electrons. The van der Waals surface area contributed by atoms with Gasteiger partial charge in [0.15, 0.2) is 0 Å². The Morgan fingerprint density at radius 2 is 2.50 bits per heavy atom. The molecule has 0 spiro atoms. The van der Waals surface area contributed by atoms with Gasteiger partial charge < -0.3 is 4.74 Å². The summed E-state index contributed by atoms with van der Waals surface area (Å²) < 4.78 is 4.47. The van der Waals surface area contributed by atoms with Gasteiger partial charge in [-0.1, -0.05) is 11.6 Å². The van der Waals surface area contributed by atoms with E-state index in [2.05, 4.69) is 9.72 Å². The van der Waals surface area contributed by atoms with Gasteiger partial charge in [0.25, 0.3) is 0 Å². The molecule has 1 aromatic heterocycles. The van der Waals surface area contributed by atoms with Gasteiger partial charge in [-0.2, -0.15) is 5.26 Å². The van der Waals surface area contributed by atoms with Gasteiger partial charge in [-0.3, -0.25) is 4.79 Å². The number of ether oxygens (including phenoxy) is 1. The molecule has 0 fully saturated rings. The third-order valence-electron chi connectivity index (χ3n) is 1.67. The molecule has 0 N–H and O–H groups in total. The van der Waals surface area contributed by atoms with E-state index in [9.17, 15) is 4.79 Å². The highest BCUT2D eigenvalue weighted by Gasteiger charge is 2.12. The number of hydrogen-bond donors (Lipinski definition) is 0. The summed E-state index contributed by atoms with van der Waals surface area (Å²) in [5.41, 5.74) is 0.749. The number of carbonyl (C=O) groups is 1. The van der Waals surface area contributed by atoms with Crippen LogP contribution in [0.5, 0.6) is 0 Å². The number of pyridine rings is 1. The molecule has 0 amide bonds. The maximum Gasteiger partial charge on any atom is 0.310 e. The van der Waals surface area contributed by atoms with Crippen LogP contribution < -0.4 is 0 Å². The van der Waals surface area contributed by atoms with E-state index in [4.69, 9.17) is 16.9 Å². The lowest BCUT2D eigenvalue weighted by atomic mass is 10.1. The quantitative estimate of drug-likeness (QED) is 0.546. The van der Waals surface area contributed by atoms with E-state index in [0.29, 0.717) is 11.1 Å². The van der Waals surface area contributed by atoms with Gasteiger partial charge in [-0.15, -0.1) is 0 Å². The molecule has 0 radical (unpaired) electrons. The topological polar surface area (TPSA) is 63.0 Å². The maximum atomic E-state index is 11.0. The number of rotatable bonds is 2. The van der Waals surface area contributed by atoms with Crippen LogP contribution in [0.2, 0.25) is 5.15 Å². The van der Waals surface area contributed by atoms with E-state index in [1.807, 2.05) is 6.07 Å². The first kappa shape index (κ1) is 10.5. The van der Waals surface area contributed by atoms with Crippen LogP contribution in [0.3, 0.4) is 0 Å². The van der Waals surface area contributed by atoms with Gasteiger partial charge in [0, 0.05) is 11.8 Å². The molecule has 14 heavy (non-hydrogen) atoms. The minimum atomic E-state index is -0.448. The van der Waals surface area contributed by atoms with Crippen LogP contribution in [0.25, 0.3) is 0 Å². The first-order valence-electron chi connectivity index (χ1n) is 3.79. The fraction of sp³-hybridized carbons (Fsp3) is 0.222. The molecule has 0 aliphatic carbocycles. The van der Waals surface area contributed by atoms with Gasteiger partial charge in [0.05, 0.1) is 25.2 Å². The zero-order chi connectivity index (χ0) is 10.6. The van der Waals surface area contributed by atoms with E-state index in [-0.39, 0.29) is 11.6 Å². The first-order chi connectivity index (χ1) is 6.69. The minimum absolute atomic E-state index is 0.0356. The lowest BCUT2D eigenvalue weighted by Gasteiger charge is -2.03. The van der Waals surface area contributed by atoms with E-state index in [1.165, 1.54) is 19.4 Å². The Kier molecular flexibility index (Phi) is 3.43. The highest BCUT2D eigenvalue weighted by molar-refractivity contribution is 6.30. The smallest absolute Gasteiger partial charge is 0.310 e. The van der Waals surface area contributed by atoms with E-state index in [0.717, 1.165) is 0 Å². The fourth-order valence-electron chi connectivity index (χ4n) is 0.956. The molecule has 1 rings (SSSR count). The van der Waals surface area contributed by atoms with Crippen LogP contribution in [-0.4, -0.2) is 18.1 Å². The SMILES string of the molecule is COC(=O)Cc1c(C#N)ccnc1Cl. The van der Waals surface area contributed by atoms with Crippen molar-refractivity contribution in [2.24, 2.45) is 0 Å². The number of aromatic nitrogens is 1. The van der Waals surface area contributed by atoms with Crippen molar-refractivity contribution >= 4 is 17.6 Å². The Morgan fingerprint density at radius 3 is 3.07 bits per heavy atom. The van der Waals surface area contributed by atoms with Crippen molar-refractivity contribution in [2.45, 2.75) is 6.42 Å². The summed E-state index contributed by atoms with van der Waals surface area (Å²) in [5.74, 6) is -0.448. The van der Waals surface area contributed by atoms with Crippen LogP contribution in [0.15, 0.2) is 12.3 Å². The molecule has 1 heterocycles. The minimum Gasteiger partial charge on any atom is -0.469 e. The summed E-state index contributed by atoms with van der Waals surface area (Å²) in [6.07, 6.45) is 1.38. The first-order valence-corrected chi connectivity index (χ1v) is 4.17. The predicted molar refractivity (Wildman–Crippen MR) is 49.7 cm³/mol. The average molecular weight is 211 g/mol. The van der Waals surface area contributed by atoms with Crippen molar-refractivity contribution in [2.75, 3.05) is 7.11 Å². The maximum absolute atomic E-state index is 11.0. The van der Waals surface area contributed by atoms with Gasteiger partial charge in [-0.25, -0.2) is 4.98 Å². The molecule has 0 aliphatic rings. The summed E-state index contributed by atoms with van der Waals surface area (Å²) in [6.45, 7) is 0. The summed E-state index contributed by atoms with van der Waals surface area (Å²) in [6, 6.07) is 3.44. The number of halogens is 1. The number of hydrogen-bond acceptors (Lipinski definition) is 4. The van der Waals surface area contributed by atoms with Crippen molar-refractivity contribution in [3.05, 3.63) is 28.5 Å². The van der Waals surface area contributed by atoms with Crippen LogP contribution >= 0.6 is 11.6 Å². The van der Waals surface area contributed by atoms with Gasteiger partial charge in [-0.05, 0) is 6.07 Å². The Labute approximate surface area is 86.1 Å². The van der Waals surface area contributed by atoms with Crippen LogP contribution in [0.1, 0.15) is 11.1 Å². The standard InChI is InChI=1S/C9H7ClN2O2/c1-14-8(13)4-7-6(5-11)2-3-12-9(7)10/h2-3H,4H2,1H3. The number of methoxy groups -OCH3 is 1. The largest absolute Gasteiger partial charge is 0.469 e. The van der Waals surface area contributed by atoms with E-state index < -0.39 is 5.97 Å². The second-order valence-corrected chi connectivity index (χ2v) is 2.85. The van der Waals surface area contributed by atoms with Crippen molar-refractivity contribution in [1.29, 1.82) is 5.26 Å². The molecule has 0 saturated heterocycles. The van der Waals surface area contributed by atoms with Crippen molar-refractivity contribution < 1.29 is 9.53 Å². The molecule has 0 saturated carbocycles. The number of carbonyl (C=O) groups excluding carboxylic acids is 1. The number of nitriles is 1. The molecule has 0 atom stereocenters. The average Bonchev–Trinajstić information content (AvgIpc) is 2.20. The zero-order valence-electron chi connectivity index (χ0n) is 7.45. The van der Waals surface area contributed by atoms with Gasteiger partial charge >= 0.3 is 5.97 Å². The summed E-state index contributed by atoms with van der Waals surface area (Å²) in [5, 5.41) is 8.90. The van der Waals surface area contributed by atoms with Gasteiger partial charge in [0.2, 0.25) is 0 Å². The van der Waals surface area contributed by atoms with Crippen LogP contribution in [0.4, 0.5) is 0 Å². The third-order valence-corrected chi connectivity index (χ3v) is 2.00. The molecule has 1 aromatic rings. The van der Waals surface area contributed by atoms with E-state index >= 15 is 0 Å². The van der Waals surface area contributed by atoms with Gasteiger partial charge in [0.1, 0.15) is 5.15 Å². The number of nitrogens with zero attached hydrogens (tertiary/aromatic N) is 2. The lowest BCUT2D eigenvalue weighted by molar-refractivity contribution is -0.139. The Balaban J connectivity index is 3.06. The predicted octanol–water partition coefficient (Wildman–Crippen LogP) is 1.32. The zero-order valence-corrected chi connectivity index (χ0v) is 8.21. The van der Waals surface area contributed by atoms with Crippen molar-refractivity contribution in [1.82, 2.24) is 4.98 Å². The second-order valence-electron chi connectivity index (χ2n) is 2.49. The van der Waals surface area contributed by atoms with Crippen molar-refractivity contribution in [3.63, 3.8) is 0 Å². The highest BCUT2D eigenvalue weighted by Crippen LogP contribution is 2.17. The normalized spacial score (nSPS) is 9.21. The van der Waals surface area contributed by atoms with E-state index in [1.54, 1.807) is 0 Å². The molecule has 4 nitrogen and oxygen atoms in total. The summed E-state index contributed by atoms with van der Waals surface area (Å²) in [4.78, 5) is 14.8. The molecular formula is C9H7ClN2O2. The summed E-state index contributed by atoms with van der Waals surface area (Å²) in [7, 11) is 1.28. The molecule has 0 aromatic carbocycles. The highest BCUT2D eigenvalue weighted by atomic mass is 35.5. The Morgan fingerprint density at radius 1 is 1.79 bits per heavy atom. The van der Waals surface area contributed by atoms with Crippen LogP contribution in [0, 0.1) is 11.3 Å². The Hall–Kier alpha value is -1.60. The summed E-state index contributed by atoms with van der Waals surface area (Å²) >= 11 is 5.74. The molecule has 0 aliphatic heterocycles. The Bertz CT molecular complexity index is 398. The van der Waals surface area contributed by atoms with Crippen LogP contribution in [-0.2, 0) is 16.0 Å². The molecule has 0 unspecified atom stereocenters. The fourth-order valence-corrected chi connectivity index (χ4v) is 1.18. The third kappa shape index (κ3) is 2.21. The molecule has 5 heteroatoms. The molecule has 0 bridgehead atoms. The monoisotopic (exact) mass is 210 g/mol. The van der Waals surface area contributed by atoms with Crippen molar-refractivity contribution in [3.8, 4) is 6.07 Å². The second kappa shape index (κ2) is 4.58. The molecular weight excluding hydrogens is 204 g/mol.